The van der Waals surface area contributed by atoms with Crippen LogP contribution in [0.3, 0.4) is 0 Å². The van der Waals surface area contributed by atoms with Gasteiger partial charge in [-0.25, -0.2) is 16.8 Å². The van der Waals surface area contributed by atoms with Crippen LogP contribution in [-0.4, -0.2) is 40.1 Å². The van der Waals surface area contributed by atoms with E-state index in [0.29, 0.717) is 18.8 Å². The zero-order valence-electron chi connectivity index (χ0n) is 19.4. The predicted molar refractivity (Wildman–Crippen MR) is 140 cm³/mol. The van der Waals surface area contributed by atoms with Crippen molar-refractivity contribution < 1.29 is 21.6 Å². The highest BCUT2D eigenvalue weighted by molar-refractivity contribution is 7.92. The van der Waals surface area contributed by atoms with Gasteiger partial charge in [0.2, 0.25) is 10.0 Å². The number of hydrogen-bond donors (Lipinski definition) is 2. The van der Waals surface area contributed by atoms with Gasteiger partial charge in [-0.3, -0.25) is 9.52 Å². The van der Waals surface area contributed by atoms with Gasteiger partial charge in [-0.2, -0.15) is 4.31 Å². The molecule has 1 saturated heterocycles. The molecule has 2 N–H and O–H groups in total. The number of hydrogen-bond acceptors (Lipinski definition) is 5. The first-order chi connectivity index (χ1) is 17.2. The Morgan fingerprint density at radius 3 is 1.97 bits per heavy atom. The molecule has 4 rings (SSSR count). The first kappa shape index (κ1) is 26.2. The van der Waals surface area contributed by atoms with E-state index in [9.17, 15) is 21.6 Å². The lowest BCUT2D eigenvalue weighted by Crippen LogP contribution is -2.31. The third kappa shape index (κ3) is 6.07. The summed E-state index contributed by atoms with van der Waals surface area (Å²) in [6.45, 7) is 1.02. The number of anilines is 2. The van der Waals surface area contributed by atoms with E-state index in [1.807, 2.05) is 0 Å². The second-order valence-corrected chi connectivity index (χ2v) is 12.4. The van der Waals surface area contributed by atoms with Crippen molar-refractivity contribution in [3.8, 4) is 0 Å². The minimum absolute atomic E-state index is 0.0566. The Morgan fingerprint density at radius 1 is 0.750 bits per heavy atom. The summed E-state index contributed by atoms with van der Waals surface area (Å²) < 4.78 is 54.8. The zero-order valence-corrected chi connectivity index (χ0v) is 21.7. The van der Waals surface area contributed by atoms with Gasteiger partial charge >= 0.3 is 0 Å². The normalized spacial score (nSPS) is 15.1. The minimum atomic E-state index is -3.80. The van der Waals surface area contributed by atoms with Crippen molar-refractivity contribution in [1.29, 1.82) is 0 Å². The fourth-order valence-corrected chi connectivity index (χ4v) is 6.77. The summed E-state index contributed by atoms with van der Waals surface area (Å²) in [5.41, 5.74) is 0.754. The molecule has 1 aliphatic heterocycles. The molecule has 0 unspecified atom stereocenters. The molecule has 190 valence electrons. The van der Waals surface area contributed by atoms with E-state index in [2.05, 4.69) is 10.0 Å². The molecular weight excluding hydrogens is 522 g/mol. The van der Waals surface area contributed by atoms with Crippen LogP contribution in [0.2, 0.25) is 5.02 Å². The molecule has 0 atom stereocenters. The van der Waals surface area contributed by atoms with E-state index < -0.39 is 26.0 Å². The summed E-state index contributed by atoms with van der Waals surface area (Å²) in [6, 6.07) is 18.1. The second kappa shape index (κ2) is 11.0. The van der Waals surface area contributed by atoms with Crippen molar-refractivity contribution in [2.45, 2.75) is 35.5 Å². The van der Waals surface area contributed by atoms with Crippen molar-refractivity contribution in [1.82, 2.24) is 4.31 Å². The summed E-state index contributed by atoms with van der Waals surface area (Å²) in [5, 5.41) is 2.75. The first-order valence-corrected chi connectivity index (χ1v) is 14.8. The van der Waals surface area contributed by atoms with Gasteiger partial charge in [-0.1, -0.05) is 42.6 Å². The van der Waals surface area contributed by atoms with E-state index in [-0.39, 0.29) is 26.1 Å². The van der Waals surface area contributed by atoms with Crippen LogP contribution in [0.1, 0.15) is 36.0 Å². The third-order valence-electron chi connectivity index (χ3n) is 5.83. The maximum atomic E-state index is 12.9. The molecule has 0 radical (unpaired) electrons. The molecule has 1 amide bonds. The number of benzene rings is 3. The Labute approximate surface area is 216 Å². The van der Waals surface area contributed by atoms with E-state index in [1.165, 1.54) is 58.9 Å². The standard InChI is InChI=1S/C25H26ClN3O5S2/c26-24-18-20(28-35(31,32)21-8-4-3-5-9-21)12-15-23(24)25(30)27-19-10-13-22(14-11-19)36(33,34)29-16-6-1-2-7-17-29/h3-5,8-15,18,28H,1-2,6-7,16-17H2,(H,27,30). The summed E-state index contributed by atoms with van der Waals surface area (Å²) in [4.78, 5) is 13.0. The molecule has 0 aliphatic carbocycles. The fourth-order valence-electron chi connectivity index (χ4n) is 3.92. The van der Waals surface area contributed by atoms with Crippen molar-refractivity contribution in [3.63, 3.8) is 0 Å². The number of rotatable bonds is 7. The number of sulfonamides is 2. The Kier molecular flexibility index (Phi) is 7.99. The van der Waals surface area contributed by atoms with Gasteiger partial charge in [0.15, 0.2) is 0 Å². The molecule has 1 aliphatic rings. The molecule has 1 fully saturated rings. The second-order valence-electron chi connectivity index (χ2n) is 8.41. The Morgan fingerprint density at radius 2 is 1.36 bits per heavy atom. The number of nitrogens with one attached hydrogen (secondary N) is 2. The monoisotopic (exact) mass is 547 g/mol. The van der Waals surface area contributed by atoms with Crippen molar-refractivity contribution in [2.75, 3.05) is 23.1 Å². The number of carbonyl (C=O) groups excluding carboxylic acids is 1. The van der Waals surface area contributed by atoms with E-state index in [1.54, 1.807) is 18.2 Å². The van der Waals surface area contributed by atoms with Crippen LogP contribution in [0.25, 0.3) is 0 Å². The summed E-state index contributed by atoms with van der Waals surface area (Å²) in [5.74, 6) is -0.513. The minimum Gasteiger partial charge on any atom is -0.322 e. The Balaban J connectivity index is 1.44. The molecule has 0 saturated carbocycles. The van der Waals surface area contributed by atoms with Gasteiger partial charge in [0.25, 0.3) is 15.9 Å². The highest BCUT2D eigenvalue weighted by Gasteiger charge is 2.25. The van der Waals surface area contributed by atoms with Gasteiger partial charge in [0.1, 0.15) is 0 Å². The maximum Gasteiger partial charge on any atom is 0.261 e. The predicted octanol–water partition coefficient (Wildman–Crippen LogP) is 4.96. The summed E-state index contributed by atoms with van der Waals surface area (Å²) in [6.07, 6.45) is 3.75. The third-order valence-corrected chi connectivity index (χ3v) is 9.46. The fraction of sp³-hybridized carbons (Fsp3) is 0.240. The van der Waals surface area contributed by atoms with Crippen molar-refractivity contribution >= 4 is 48.9 Å². The van der Waals surface area contributed by atoms with Crippen molar-refractivity contribution in [3.05, 3.63) is 83.4 Å². The zero-order chi connectivity index (χ0) is 25.8. The first-order valence-electron chi connectivity index (χ1n) is 11.5. The molecule has 3 aromatic rings. The quantitative estimate of drug-likeness (QED) is 0.434. The maximum absolute atomic E-state index is 12.9. The molecule has 0 bridgehead atoms. The van der Waals surface area contributed by atoms with Gasteiger partial charge in [0, 0.05) is 18.8 Å². The molecule has 8 nitrogen and oxygen atoms in total. The average molecular weight is 548 g/mol. The lowest BCUT2D eigenvalue weighted by Gasteiger charge is -2.20. The highest BCUT2D eigenvalue weighted by atomic mass is 35.5. The Bertz CT molecular complexity index is 1440. The van der Waals surface area contributed by atoms with Gasteiger partial charge < -0.3 is 5.32 Å². The van der Waals surface area contributed by atoms with Gasteiger partial charge in [-0.05, 0) is 67.4 Å². The molecule has 36 heavy (non-hydrogen) atoms. The largest absolute Gasteiger partial charge is 0.322 e. The van der Waals surface area contributed by atoms with Crippen LogP contribution >= 0.6 is 11.6 Å². The van der Waals surface area contributed by atoms with E-state index >= 15 is 0 Å². The Hall–Kier alpha value is -2.92. The molecule has 1 heterocycles. The topological polar surface area (TPSA) is 113 Å². The van der Waals surface area contributed by atoms with Crippen LogP contribution in [-0.2, 0) is 20.0 Å². The van der Waals surface area contributed by atoms with Crippen LogP contribution in [0, 0.1) is 0 Å². The van der Waals surface area contributed by atoms with E-state index in [0.717, 1.165) is 25.7 Å². The van der Waals surface area contributed by atoms with Crippen LogP contribution in [0.15, 0.2) is 82.6 Å². The lowest BCUT2D eigenvalue weighted by atomic mass is 10.2. The molecule has 11 heteroatoms. The number of halogens is 1. The highest BCUT2D eigenvalue weighted by Crippen LogP contribution is 2.25. The van der Waals surface area contributed by atoms with Gasteiger partial charge in [0.05, 0.1) is 26.1 Å². The van der Waals surface area contributed by atoms with Gasteiger partial charge in [-0.15, -0.1) is 0 Å². The van der Waals surface area contributed by atoms with Crippen LogP contribution in [0.4, 0.5) is 11.4 Å². The van der Waals surface area contributed by atoms with Crippen LogP contribution in [0.5, 0.6) is 0 Å². The molecule has 3 aromatic carbocycles. The molecule has 0 aromatic heterocycles. The lowest BCUT2D eigenvalue weighted by molar-refractivity contribution is 0.102. The molecular formula is C25H26ClN3O5S2. The number of carbonyl (C=O) groups is 1. The van der Waals surface area contributed by atoms with Crippen molar-refractivity contribution in [2.24, 2.45) is 0 Å². The smallest absolute Gasteiger partial charge is 0.261 e. The number of amides is 1. The SMILES string of the molecule is O=C(Nc1ccc(S(=O)(=O)N2CCCCCC2)cc1)c1ccc(NS(=O)(=O)c2ccccc2)cc1Cl. The number of nitrogens with zero attached hydrogens (tertiary/aromatic N) is 1. The van der Waals surface area contributed by atoms with E-state index in [4.69, 9.17) is 11.6 Å². The summed E-state index contributed by atoms with van der Waals surface area (Å²) in [7, 11) is -7.39. The van der Waals surface area contributed by atoms with Crippen LogP contribution < -0.4 is 10.0 Å². The molecule has 0 spiro atoms. The average Bonchev–Trinajstić information content (AvgIpc) is 3.15. The summed E-state index contributed by atoms with van der Waals surface area (Å²) >= 11 is 6.27.